The van der Waals surface area contributed by atoms with E-state index in [4.69, 9.17) is 27.0 Å². The summed E-state index contributed by atoms with van der Waals surface area (Å²) in [6.07, 6.45) is 7.51. The summed E-state index contributed by atoms with van der Waals surface area (Å²) in [6.45, 7) is 2.55. The summed E-state index contributed by atoms with van der Waals surface area (Å²) >= 11 is 0. The molecule has 10 N–H and O–H groups in total. The average Bonchev–Trinajstić information content (AvgIpc) is 2.82. The lowest BCUT2D eigenvalue weighted by molar-refractivity contribution is -0.121. The molecule has 2 amide bonds. The number of nitrogens with one attached hydrogen (secondary N) is 3. The van der Waals surface area contributed by atoms with E-state index in [0.29, 0.717) is 32.4 Å². The number of carboxylic acid groups (broad SMARTS) is 1. The van der Waals surface area contributed by atoms with Crippen LogP contribution < -0.4 is 33.2 Å². The SMILES string of the molecule is NCCCCCCCNCC(=O)N[C@H](CCCCN)COC(=O)N[C@@H](CCCCN)COC(=O)O. The lowest BCUT2D eigenvalue weighted by atomic mass is 10.1. The van der Waals surface area contributed by atoms with Gasteiger partial charge in [0.25, 0.3) is 0 Å². The lowest BCUT2D eigenvalue weighted by Gasteiger charge is -2.21. The minimum absolute atomic E-state index is 0.00139. The van der Waals surface area contributed by atoms with Crippen LogP contribution in [0.3, 0.4) is 0 Å². The minimum Gasteiger partial charge on any atom is -0.450 e. The van der Waals surface area contributed by atoms with Crippen molar-refractivity contribution in [2.75, 3.05) is 45.9 Å². The van der Waals surface area contributed by atoms with Crippen LogP contribution in [-0.2, 0) is 14.3 Å². The molecule has 0 radical (unpaired) electrons. The molecule has 0 spiro atoms. The molecule has 206 valence electrons. The van der Waals surface area contributed by atoms with Crippen LogP contribution in [-0.4, -0.2) is 81.3 Å². The van der Waals surface area contributed by atoms with Crippen LogP contribution in [0, 0.1) is 0 Å². The van der Waals surface area contributed by atoms with E-state index in [1.807, 2.05) is 0 Å². The van der Waals surface area contributed by atoms with Gasteiger partial charge in [0.2, 0.25) is 5.91 Å². The van der Waals surface area contributed by atoms with Gasteiger partial charge in [0.05, 0.1) is 18.6 Å². The molecule has 0 aromatic carbocycles. The number of carbonyl (C=O) groups is 3. The number of rotatable bonds is 23. The van der Waals surface area contributed by atoms with Gasteiger partial charge in [-0.25, -0.2) is 9.59 Å². The summed E-state index contributed by atoms with van der Waals surface area (Å²) in [5, 5.41) is 17.4. The standard InChI is InChI=1S/C23H48N6O6/c24-12-6-2-1-3-9-15-27-16-21(30)28-19(10-4-7-13-25)17-34-22(31)29-20(11-5-8-14-26)18-35-23(32)33/h19-20,27H,1-18,24-26H2,(H,28,30)(H,29,31)(H,32,33)/t19-,20+/m1/s1. The number of carbonyl (C=O) groups excluding carboxylic acids is 2. The van der Waals surface area contributed by atoms with Crippen LogP contribution in [0.4, 0.5) is 9.59 Å². The molecule has 12 heteroatoms. The first-order valence-corrected chi connectivity index (χ1v) is 12.8. The Labute approximate surface area is 209 Å². The second-order valence-corrected chi connectivity index (χ2v) is 8.58. The number of nitrogens with two attached hydrogens (primary N) is 3. The van der Waals surface area contributed by atoms with Crippen molar-refractivity contribution in [1.29, 1.82) is 0 Å². The van der Waals surface area contributed by atoms with Gasteiger partial charge in [-0.05, 0) is 64.7 Å². The molecule has 0 fully saturated rings. The van der Waals surface area contributed by atoms with Gasteiger partial charge in [-0.15, -0.1) is 0 Å². The van der Waals surface area contributed by atoms with Crippen LogP contribution in [0.25, 0.3) is 0 Å². The summed E-state index contributed by atoms with van der Waals surface area (Å²) in [5.74, 6) is -0.163. The molecule has 0 aliphatic rings. The van der Waals surface area contributed by atoms with Gasteiger partial charge >= 0.3 is 12.2 Å². The minimum atomic E-state index is -1.41. The lowest BCUT2D eigenvalue weighted by Crippen LogP contribution is -2.45. The second kappa shape index (κ2) is 23.6. The Kier molecular flexibility index (Phi) is 22.1. The zero-order chi connectivity index (χ0) is 26.2. The van der Waals surface area contributed by atoms with E-state index in [-0.39, 0.29) is 31.7 Å². The number of hydrogen-bond donors (Lipinski definition) is 7. The van der Waals surface area contributed by atoms with Crippen LogP contribution in [0.1, 0.15) is 70.6 Å². The molecule has 2 atom stereocenters. The van der Waals surface area contributed by atoms with Crippen molar-refractivity contribution < 1.29 is 29.0 Å². The van der Waals surface area contributed by atoms with Gasteiger partial charge in [0.15, 0.2) is 0 Å². The summed E-state index contributed by atoms with van der Waals surface area (Å²) in [6, 6.07) is -0.862. The quantitative estimate of drug-likeness (QED) is 0.0777. The summed E-state index contributed by atoms with van der Waals surface area (Å²) in [5.41, 5.74) is 16.5. The molecule has 0 unspecified atom stereocenters. The Morgan fingerprint density at radius 3 is 1.80 bits per heavy atom. The van der Waals surface area contributed by atoms with E-state index >= 15 is 0 Å². The molecule has 0 rings (SSSR count). The Balaban J connectivity index is 4.44. The number of hydrogen-bond acceptors (Lipinski definition) is 9. The maximum absolute atomic E-state index is 12.3. The maximum atomic E-state index is 12.3. The zero-order valence-corrected chi connectivity index (χ0v) is 21.1. The highest BCUT2D eigenvalue weighted by Crippen LogP contribution is 2.05. The zero-order valence-electron chi connectivity index (χ0n) is 21.1. The monoisotopic (exact) mass is 504 g/mol. The van der Waals surface area contributed by atoms with Gasteiger partial charge in [-0.3, -0.25) is 4.79 Å². The molecule has 0 saturated heterocycles. The predicted molar refractivity (Wildman–Crippen MR) is 135 cm³/mol. The van der Waals surface area contributed by atoms with Crippen molar-refractivity contribution in [3.05, 3.63) is 0 Å². The molecule has 12 nitrogen and oxygen atoms in total. The van der Waals surface area contributed by atoms with Crippen molar-refractivity contribution in [1.82, 2.24) is 16.0 Å². The molecular formula is C23H48N6O6. The molecule has 0 aromatic heterocycles. The molecular weight excluding hydrogens is 456 g/mol. The highest BCUT2D eigenvalue weighted by molar-refractivity contribution is 5.78. The van der Waals surface area contributed by atoms with Crippen molar-refractivity contribution in [3.63, 3.8) is 0 Å². The van der Waals surface area contributed by atoms with Gasteiger partial charge in [-0.1, -0.05) is 32.1 Å². The summed E-state index contributed by atoms with van der Waals surface area (Å²) in [4.78, 5) is 35.3. The normalized spacial score (nSPS) is 12.5. The van der Waals surface area contributed by atoms with Crippen molar-refractivity contribution in [2.24, 2.45) is 17.2 Å². The van der Waals surface area contributed by atoms with Crippen LogP contribution >= 0.6 is 0 Å². The highest BCUT2D eigenvalue weighted by Gasteiger charge is 2.18. The van der Waals surface area contributed by atoms with Crippen molar-refractivity contribution in [2.45, 2.75) is 82.7 Å². The average molecular weight is 505 g/mol. The van der Waals surface area contributed by atoms with Gasteiger partial charge in [-0.2, -0.15) is 0 Å². The first kappa shape index (κ1) is 32.8. The van der Waals surface area contributed by atoms with E-state index in [1.165, 1.54) is 0 Å². The van der Waals surface area contributed by atoms with Crippen molar-refractivity contribution in [3.8, 4) is 0 Å². The fourth-order valence-corrected chi connectivity index (χ4v) is 3.43. The third-order valence-corrected chi connectivity index (χ3v) is 5.37. The van der Waals surface area contributed by atoms with Crippen molar-refractivity contribution >= 4 is 18.2 Å². The van der Waals surface area contributed by atoms with Gasteiger partial charge in [0.1, 0.15) is 13.2 Å². The number of ether oxygens (including phenoxy) is 2. The van der Waals surface area contributed by atoms with Crippen LogP contribution in [0.15, 0.2) is 0 Å². The third kappa shape index (κ3) is 22.1. The summed E-state index contributed by atoms with van der Waals surface area (Å²) < 4.78 is 9.91. The third-order valence-electron chi connectivity index (χ3n) is 5.37. The first-order valence-electron chi connectivity index (χ1n) is 12.8. The maximum Gasteiger partial charge on any atom is 0.505 e. The molecule has 0 aliphatic heterocycles. The fourth-order valence-electron chi connectivity index (χ4n) is 3.43. The van der Waals surface area contributed by atoms with Gasteiger partial charge < -0.3 is 47.7 Å². The number of unbranched alkanes of at least 4 members (excludes halogenated alkanes) is 6. The van der Waals surface area contributed by atoms with E-state index in [1.54, 1.807) is 0 Å². The number of alkyl carbamates (subject to hydrolysis) is 1. The number of amides is 2. The fraction of sp³-hybridized carbons (Fsp3) is 0.870. The molecule has 35 heavy (non-hydrogen) atoms. The topological polar surface area (TPSA) is 204 Å². The van der Waals surface area contributed by atoms with E-state index in [9.17, 15) is 14.4 Å². The summed E-state index contributed by atoms with van der Waals surface area (Å²) in [7, 11) is 0. The van der Waals surface area contributed by atoms with Crippen LogP contribution in [0.5, 0.6) is 0 Å². The highest BCUT2D eigenvalue weighted by atomic mass is 16.7. The smallest absolute Gasteiger partial charge is 0.450 e. The van der Waals surface area contributed by atoms with E-state index in [0.717, 1.165) is 64.5 Å². The molecule has 0 bridgehead atoms. The first-order chi connectivity index (χ1) is 16.9. The second-order valence-electron chi connectivity index (χ2n) is 8.58. The molecule has 0 aliphatic carbocycles. The Morgan fingerprint density at radius 1 is 0.686 bits per heavy atom. The van der Waals surface area contributed by atoms with Gasteiger partial charge in [0, 0.05) is 0 Å². The van der Waals surface area contributed by atoms with Crippen LogP contribution in [0.2, 0.25) is 0 Å². The van der Waals surface area contributed by atoms with E-state index < -0.39 is 18.3 Å². The Bertz CT molecular complexity index is 555. The Morgan fingerprint density at radius 2 is 1.20 bits per heavy atom. The molecule has 0 heterocycles. The Hall–Kier alpha value is -2.15. The largest absolute Gasteiger partial charge is 0.505 e. The molecule has 0 saturated carbocycles. The predicted octanol–water partition coefficient (Wildman–Crippen LogP) is 1.02. The molecule has 0 aromatic rings. The van der Waals surface area contributed by atoms with E-state index in [2.05, 4.69) is 20.7 Å².